The van der Waals surface area contributed by atoms with Gasteiger partial charge in [0, 0.05) is 0 Å². The zero-order valence-corrected chi connectivity index (χ0v) is 9.02. The number of halogens is 2. The molecule has 0 radical (unpaired) electrons. The predicted octanol–water partition coefficient (Wildman–Crippen LogP) is 3.56. The zero-order chi connectivity index (χ0) is 12.3. The summed E-state index contributed by atoms with van der Waals surface area (Å²) in [6, 6.07) is 7.87. The van der Waals surface area contributed by atoms with Crippen molar-refractivity contribution in [2.75, 3.05) is 7.11 Å². The smallest absolute Gasteiger partial charge is 0.387 e. The minimum Gasteiger partial charge on any atom is -0.497 e. The van der Waals surface area contributed by atoms with Crippen LogP contribution in [0.1, 0.15) is 0 Å². The van der Waals surface area contributed by atoms with E-state index < -0.39 is 6.61 Å². The molecule has 0 unspecified atom stereocenters. The lowest BCUT2D eigenvalue weighted by atomic mass is 10.1. The summed E-state index contributed by atoms with van der Waals surface area (Å²) >= 11 is 0. The van der Waals surface area contributed by atoms with Crippen LogP contribution in [0.5, 0.6) is 11.5 Å². The molecule has 17 heavy (non-hydrogen) atoms. The number of benzene rings is 1. The Hall–Kier alpha value is -2.04. The lowest BCUT2D eigenvalue weighted by molar-refractivity contribution is -0.0495. The summed E-state index contributed by atoms with van der Waals surface area (Å²) in [5.41, 5.74) is 0.426. The molecule has 0 saturated heterocycles. The fourth-order valence-corrected chi connectivity index (χ4v) is 1.46. The van der Waals surface area contributed by atoms with E-state index in [1.807, 2.05) is 0 Å². The molecule has 0 spiro atoms. The molecule has 0 aliphatic carbocycles. The molecule has 0 saturated carbocycles. The van der Waals surface area contributed by atoms with Crippen molar-refractivity contribution in [2.24, 2.45) is 0 Å². The van der Waals surface area contributed by atoms with Crippen LogP contribution in [0, 0.1) is 0 Å². The number of alkyl halides is 2. The number of furan rings is 1. The molecule has 0 N–H and O–H groups in total. The van der Waals surface area contributed by atoms with Crippen molar-refractivity contribution in [1.82, 2.24) is 0 Å². The van der Waals surface area contributed by atoms with E-state index in [0.29, 0.717) is 17.1 Å². The molecule has 1 heterocycles. The quantitative estimate of drug-likeness (QED) is 0.818. The minimum absolute atomic E-state index is 0.0516. The molecule has 0 aliphatic heterocycles. The maximum Gasteiger partial charge on any atom is 0.387 e. The van der Waals surface area contributed by atoms with Crippen LogP contribution in [0.2, 0.25) is 0 Å². The maximum atomic E-state index is 12.2. The third-order valence-electron chi connectivity index (χ3n) is 2.19. The van der Waals surface area contributed by atoms with Gasteiger partial charge >= 0.3 is 6.61 Å². The van der Waals surface area contributed by atoms with Crippen LogP contribution in [0.4, 0.5) is 8.78 Å². The molecule has 0 atom stereocenters. The Balaban J connectivity index is 2.44. The second-order valence-electron chi connectivity index (χ2n) is 3.22. The molecule has 2 aromatic rings. The fourth-order valence-electron chi connectivity index (χ4n) is 1.46. The Morgan fingerprint density at radius 2 is 2.06 bits per heavy atom. The van der Waals surface area contributed by atoms with Crippen molar-refractivity contribution in [2.45, 2.75) is 6.61 Å². The average molecular weight is 240 g/mol. The van der Waals surface area contributed by atoms with Crippen molar-refractivity contribution in [1.29, 1.82) is 0 Å². The normalized spacial score (nSPS) is 10.6. The first-order valence-corrected chi connectivity index (χ1v) is 4.87. The van der Waals surface area contributed by atoms with Crippen molar-refractivity contribution < 1.29 is 22.7 Å². The Morgan fingerprint density at radius 3 is 2.65 bits per heavy atom. The highest BCUT2D eigenvalue weighted by molar-refractivity contribution is 5.67. The van der Waals surface area contributed by atoms with Crippen LogP contribution in [0.25, 0.3) is 11.3 Å². The Morgan fingerprint density at radius 1 is 1.24 bits per heavy atom. The number of rotatable bonds is 4. The van der Waals surface area contributed by atoms with Gasteiger partial charge in [-0.15, -0.1) is 0 Å². The molecule has 2 rings (SSSR count). The highest BCUT2D eigenvalue weighted by atomic mass is 19.3. The molecule has 1 aromatic heterocycles. The average Bonchev–Trinajstić information content (AvgIpc) is 2.82. The Labute approximate surface area is 96.6 Å². The van der Waals surface area contributed by atoms with Gasteiger partial charge in [0.25, 0.3) is 0 Å². The van der Waals surface area contributed by atoms with Crippen LogP contribution in [-0.2, 0) is 0 Å². The molecule has 0 bridgehead atoms. The van der Waals surface area contributed by atoms with Crippen molar-refractivity contribution in [3.8, 4) is 22.8 Å². The summed E-state index contributed by atoms with van der Waals surface area (Å²) in [5, 5.41) is 0. The lowest BCUT2D eigenvalue weighted by Gasteiger charge is -2.10. The second-order valence-corrected chi connectivity index (χ2v) is 3.22. The lowest BCUT2D eigenvalue weighted by Crippen LogP contribution is -2.03. The fraction of sp³-hybridized carbons (Fsp3) is 0.167. The van der Waals surface area contributed by atoms with Gasteiger partial charge in [-0.25, -0.2) is 0 Å². The SMILES string of the molecule is COc1ccc(OC(F)F)c(-c2ccco2)c1. The molecule has 1 aromatic carbocycles. The predicted molar refractivity (Wildman–Crippen MR) is 57.3 cm³/mol. The first-order valence-electron chi connectivity index (χ1n) is 4.87. The summed E-state index contributed by atoms with van der Waals surface area (Å²) in [5.74, 6) is 1.04. The van der Waals surface area contributed by atoms with Gasteiger partial charge in [0.1, 0.15) is 17.3 Å². The van der Waals surface area contributed by atoms with Gasteiger partial charge in [-0.05, 0) is 30.3 Å². The van der Waals surface area contributed by atoms with E-state index in [2.05, 4.69) is 4.74 Å². The highest BCUT2D eigenvalue weighted by Gasteiger charge is 2.14. The van der Waals surface area contributed by atoms with Crippen LogP contribution >= 0.6 is 0 Å². The van der Waals surface area contributed by atoms with E-state index in [4.69, 9.17) is 9.15 Å². The molecular formula is C12H10F2O3. The van der Waals surface area contributed by atoms with Gasteiger partial charge in [0.05, 0.1) is 18.9 Å². The van der Waals surface area contributed by atoms with Crippen molar-refractivity contribution in [3.05, 3.63) is 36.6 Å². The van der Waals surface area contributed by atoms with E-state index in [0.717, 1.165) is 0 Å². The standard InChI is InChI=1S/C12H10F2O3/c1-15-8-4-5-11(17-12(13)14)9(7-8)10-3-2-6-16-10/h2-7,12H,1H3. The minimum atomic E-state index is -2.88. The molecule has 5 heteroatoms. The molecule has 0 aliphatic rings. The van der Waals surface area contributed by atoms with Gasteiger partial charge in [-0.3, -0.25) is 0 Å². The first kappa shape index (κ1) is 11.4. The molecule has 0 amide bonds. The van der Waals surface area contributed by atoms with Crippen LogP contribution in [-0.4, -0.2) is 13.7 Å². The van der Waals surface area contributed by atoms with E-state index in [9.17, 15) is 8.78 Å². The molecule has 0 fully saturated rings. The van der Waals surface area contributed by atoms with Gasteiger partial charge in [0.15, 0.2) is 0 Å². The monoisotopic (exact) mass is 240 g/mol. The second kappa shape index (κ2) is 4.86. The van der Waals surface area contributed by atoms with E-state index in [-0.39, 0.29) is 5.75 Å². The number of ether oxygens (including phenoxy) is 2. The topological polar surface area (TPSA) is 31.6 Å². The first-order chi connectivity index (χ1) is 8.20. The molecule has 3 nitrogen and oxygen atoms in total. The van der Waals surface area contributed by atoms with Gasteiger partial charge < -0.3 is 13.9 Å². The van der Waals surface area contributed by atoms with E-state index in [1.165, 1.54) is 19.4 Å². The highest BCUT2D eigenvalue weighted by Crippen LogP contribution is 2.34. The third kappa shape index (κ3) is 2.55. The zero-order valence-electron chi connectivity index (χ0n) is 9.02. The van der Waals surface area contributed by atoms with Crippen LogP contribution in [0.15, 0.2) is 41.0 Å². The number of methoxy groups -OCH3 is 1. The summed E-state index contributed by atoms with van der Waals surface area (Å²) in [4.78, 5) is 0. The van der Waals surface area contributed by atoms with E-state index in [1.54, 1.807) is 24.3 Å². The van der Waals surface area contributed by atoms with Gasteiger partial charge in [0.2, 0.25) is 0 Å². The van der Waals surface area contributed by atoms with Gasteiger partial charge in [-0.1, -0.05) is 0 Å². The van der Waals surface area contributed by atoms with Crippen molar-refractivity contribution in [3.63, 3.8) is 0 Å². The maximum absolute atomic E-state index is 12.2. The van der Waals surface area contributed by atoms with E-state index >= 15 is 0 Å². The number of hydrogen-bond donors (Lipinski definition) is 0. The summed E-state index contributed by atoms with van der Waals surface area (Å²) in [6.45, 7) is -2.88. The van der Waals surface area contributed by atoms with Crippen LogP contribution in [0.3, 0.4) is 0 Å². The third-order valence-corrected chi connectivity index (χ3v) is 2.19. The summed E-state index contributed by atoms with van der Waals surface area (Å²) in [7, 11) is 1.49. The van der Waals surface area contributed by atoms with Crippen LogP contribution < -0.4 is 9.47 Å². The largest absolute Gasteiger partial charge is 0.497 e. The summed E-state index contributed by atoms with van der Waals surface area (Å²) < 4.78 is 39.1. The molecular weight excluding hydrogens is 230 g/mol. The summed E-state index contributed by atoms with van der Waals surface area (Å²) in [6.07, 6.45) is 1.46. The van der Waals surface area contributed by atoms with Gasteiger partial charge in [-0.2, -0.15) is 8.78 Å². The number of hydrogen-bond acceptors (Lipinski definition) is 3. The Kier molecular flexibility index (Phi) is 3.27. The Bertz CT molecular complexity index is 481. The van der Waals surface area contributed by atoms with Crippen molar-refractivity contribution >= 4 is 0 Å². The molecule has 90 valence electrons.